The van der Waals surface area contributed by atoms with Gasteiger partial charge in [0, 0.05) is 18.2 Å². The van der Waals surface area contributed by atoms with Crippen molar-refractivity contribution >= 4 is 5.82 Å². The van der Waals surface area contributed by atoms with Gasteiger partial charge in [-0.25, -0.2) is 4.79 Å². The summed E-state index contributed by atoms with van der Waals surface area (Å²) < 4.78 is 6.57. The van der Waals surface area contributed by atoms with Crippen LogP contribution in [0.3, 0.4) is 0 Å². The van der Waals surface area contributed by atoms with E-state index in [0.29, 0.717) is 5.56 Å². The highest BCUT2D eigenvalue weighted by atomic mass is 16.5. The SMILES string of the molecule is Cc1cn([C@@H]2O[C@H](CO)C[C@H]2O)c(=O)nc1N. The third-order valence-electron chi connectivity index (χ3n) is 2.82. The molecule has 2 rings (SSSR count). The van der Waals surface area contributed by atoms with Gasteiger partial charge in [0.2, 0.25) is 0 Å². The highest BCUT2D eigenvalue weighted by Gasteiger charge is 2.35. The molecule has 1 saturated heterocycles. The van der Waals surface area contributed by atoms with Crippen LogP contribution < -0.4 is 11.4 Å². The van der Waals surface area contributed by atoms with Gasteiger partial charge in [0.1, 0.15) is 11.9 Å². The van der Waals surface area contributed by atoms with E-state index in [2.05, 4.69) is 4.98 Å². The monoisotopic (exact) mass is 241 g/mol. The van der Waals surface area contributed by atoms with Gasteiger partial charge in [-0.1, -0.05) is 0 Å². The average molecular weight is 241 g/mol. The number of ether oxygens (including phenoxy) is 1. The van der Waals surface area contributed by atoms with Crippen LogP contribution in [0.4, 0.5) is 5.82 Å². The number of rotatable bonds is 2. The lowest BCUT2D eigenvalue weighted by atomic mass is 10.2. The van der Waals surface area contributed by atoms with Crippen molar-refractivity contribution in [3.8, 4) is 0 Å². The molecule has 0 unspecified atom stereocenters. The molecule has 0 saturated carbocycles. The van der Waals surface area contributed by atoms with E-state index in [1.54, 1.807) is 6.92 Å². The summed E-state index contributed by atoms with van der Waals surface area (Å²) in [6.07, 6.45) is -0.323. The van der Waals surface area contributed by atoms with Crippen LogP contribution in [0.15, 0.2) is 11.0 Å². The van der Waals surface area contributed by atoms with E-state index in [1.165, 1.54) is 10.8 Å². The van der Waals surface area contributed by atoms with Crippen LogP contribution >= 0.6 is 0 Å². The Kier molecular flexibility index (Phi) is 3.14. The van der Waals surface area contributed by atoms with Crippen LogP contribution in [0, 0.1) is 6.92 Å². The number of aryl methyl sites for hydroxylation is 1. The van der Waals surface area contributed by atoms with Crippen LogP contribution in [0.25, 0.3) is 0 Å². The van der Waals surface area contributed by atoms with Gasteiger partial charge in [0.25, 0.3) is 0 Å². The number of hydrogen-bond acceptors (Lipinski definition) is 6. The van der Waals surface area contributed by atoms with Gasteiger partial charge >= 0.3 is 5.69 Å². The summed E-state index contributed by atoms with van der Waals surface area (Å²) in [4.78, 5) is 15.3. The van der Waals surface area contributed by atoms with Crippen molar-refractivity contribution in [2.75, 3.05) is 12.3 Å². The first kappa shape index (κ1) is 12.0. The fourth-order valence-electron chi connectivity index (χ4n) is 1.86. The Bertz CT molecular complexity index is 473. The maximum atomic E-state index is 11.6. The van der Waals surface area contributed by atoms with Gasteiger partial charge < -0.3 is 20.7 Å². The molecule has 0 aromatic carbocycles. The summed E-state index contributed by atoms with van der Waals surface area (Å²) in [5.41, 5.74) is 5.57. The Morgan fingerprint density at radius 1 is 1.71 bits per heavy atom. The normalized spacial score (nSPS) is 28.5. The zero-order valence-electron chi connectivity index (χ0n) is 9.41. The van der Waals surface area contributed by atoms with Crippen molar-refractivity contribution < 1.29 is 14.9 Å². The minimum absolute atomic E-state index is 0.164. The highest BCUT2D eigenvalue weighted by Crippen LogP contribution is 2.27. The van der Waals surface area contributed by atoms with Gasteiger partial charge in [0.05, 0.1) is 12.7 Å². The van der Waals surface area contributed by atoms with Crippen molar-refractivity contribution in [3.05, 3.63) is 22.2 Å². The Balaban J connectivity index is 2.35. The van der Waals surface area contributed by atoms with Crippen LogP contribution in [0.5, 0.6) is 0 Å². The predicted octanol–water partition coefficient (Wildman–Crippen LogP) is -1.23. The van der Waals surface area contributed by atoms with Crippen LogP contribution in [-0.2, 0) is 4.74 Å². The van der Waals surface area contributed by atoms with E-state index >= 15 is 0 Å². The van der Waals surface area contributed by atoms with E-state index in [9.17, 15) is 9.90 Å². The third kappa shape index (κ3) is 2.17. The van der Waals surface area contributed by atoms with Gasteiger partial charge in [-0.2, -0.15) is 4.98 Å². The third-order valence-corrected chi connectivity index (χ3v) is 2.82. The smallest absolute Gasteiger partial charge is 0.351 e. The standard InChI is InChI=1S/C10H15N3O4/c1-5-3-13(10(16)12-8(5)11)9-7(15)2-6(4-14)17-9/h3,6-7,9,14-15H,2,4H2,1H3,(H2,11,12,16)/t6-,7+,9+/m0/s1. The van der Waals surface area contributed by atoms with E-state index < -0.39 is 24.1 Å². The average Bonchev–Trinajstić information content (AvgIpc) is 2.65. The molecule has 0 aliphatic carbocycles. The molecule has 17 heavy (non-hydrogen) atoms. The Morgan fingerprint density at radius 3 is 3.00 bits per heavy atom. The number of hydrogen-bond donors (Lipinski definition) is 3. The molecule has 2 heterocycles. The molecule has 94 valence electrons. The number of anilines is 1. The predicted molar refractivity (Wildman–Crippen MR) is 59.3 cm³/mol. The minimum Gasteiger partial charge on any atom is -0.394 e. The maximum absolute atomic E-state index is 11.6. The highest BCUT2D eigenvalue weighted by molar-refractivity contribution is 5.35. The molecule has 0 spiro atoms. The Morgan fingerprint density at radius 2 is 2.41 bits per heavy atom. The number of aliphatic hydroxyl groups excluding tert-OH is 2. The first-order valence-electron chi connectivity index (χ1n) is 5.32. The lowest BCUT2D eigenvalue weighted by molar-refractivity contribution is -0.0530. The van der Waals surface area contributed by atoms with E-state index in [0.717, 1.165) is 0 Å². The molecule has 0 amide bonds. The molecule has 1 aromatic rings. The number of aliphatic hydroxyl groups is 2. The quantitative estimate of drug-likeness (QED) is 0.598. The first-order valence-corrected chi connectivity index (χ1v) is 5.32. The summed E-state index contributed by atoms with van der Waals surface area (Å²) in [7, 11) is 0. The molecule has 7 nitrogen and oxygen atoms in total. The summed E-state index contributed by atoms with van der Waals surface area (Å²) in [6, 6.07) is 0. The van der Waals surface area contributed by atoms with Crippen molar-refractivity contribution in [1.29, 1.82) is 0 Å². The molecule has 3 atom stereocenters. The zero-order valence-corrected chi connectivity index (χ0v) is 9.41. The minimum atomic E-state index is -0.838. The zero-order chi connectivity index (χ0) is 12.6. The molecular formula is C10H15N3O4. The van der Waals surface area contributed by atoms with Crippen LogP contribution in [0.2, 0.25) is 0 Å². The number of nitrogens with zero attached hydrogens (tertiary/aromatic N) is 2. The van der Waals surface area contributed by atoms with Crippen LogP contribution in [0.1, 0.15) is 18.2 Å². The second kappa shape index (κ2) is 4.44. The van der Waals surface area contributed by atoms with E-state index in [1.807, 2.05) is 0 Å². The molecule has 0 radical (unpaired) electrons. The summed E-state index contributed by atoms with van der Waals surface area (Å²) in [6.45, 7) is 1.52. The molecule has 1 fully saturated rings. The molecule has 0 bridgehead atoms. The van der Waals surface area contributed by atoms with E-state index in [-0.39, 0.29) is 18.8 Å². The van der Waals surface area contributed by atoms with Crippen molar-refractivity contribution in [2.24, 2.45) is 0 Å². The van der Waals surface area contributed by atoms with E-state index in [4.69, 9.17) is 15.6 Å². The largest absolute Gasteiger partial charge is 0.394 e. The second-order valence-corrected chi connectivity index (χ2v) is 4.13. The Hall–Kier alpha value is -1.44. The van der Waals surface area contributed by atoms with Crippen LogP contribution in [-0.4, -0.2) is 38.6 Å². The fraction of sp³-hybridized carbons (Fsp3) is 0.600. The van der Waals surface area contributed by atoms with Gasteiger partial charge in [-0.15, -0.1) is 0 Å². The lowest BCUT2D eigenvalue weighted by Gasteiger charge is -2.17. The van der Waals surface area contributed by atoms with Gasteiger partial charge in [0.15, 0.2) is 6.23 Å². The summed E-state index contributed by atoms with van der Waals surface area (Å²) >= 11 is 0. The molecule has 1 aromatic heterocycles. The number of nitrogens with two attached hydrogens (primary N) is 1. The Labute approximate surface area is 97.5 Å². The topological polar surface area (TPSA) is 111 Å². The summed E-state index contributed by atoms with van der Waals surface area (Å²) in [5.74, 6) is 0.164. The summed E-state index contributed by atoms with van der Waals surface area (Å²) in [5, 5.41) is 18.7. The van der Waals surface area contributed by atoms with Gasteiger partial charge in [-0.3, -0.25) is 4.57 Å². The van der Waals surface area contributed by atoms with Crippen molar-refractivity contribution in [2.45, 2.75) is 31.8 Å². The molecular weight excluding hydrogens is 226 g/mol. The van der Waals surface area contributed by atoms with Gasteiger partial charge in [-0.05, 0) is 6.92 Å². The molecule has 1 aliphatic heterocycles. The molecule has 4 N–H and O–H groups in total. The van der Waals surface area contributed by atoms with Crippen molar-refractivity contribution in [1.82, 2.24) is 9.55 Å². The molecule has 1 aliphatic rings. The maximum Gasteiger partial charge on any atom is 0.351 e. The number of nitrogen functional groups attached to an aromatic ring is 1. The first-order chi connectivity index (χ1) is 8.02. The molecule has 7 heteroatoms. The fourth-order valence-corrected chi connectivity index (χ4v) is 1.86. The second-order valence-electron chi connectivity index (χ2n) is 4.13. The number of aromatic nitrogens is 2. The van der Waals surface area contributed by atoms with Crippen molar-refractivity contribution in [3.63, 3.8) is 0 Å². The lowest BCUT2D eigenvalue weighted by Crippen LogP contribution is -2.32.